The van der Waals surface area contributed by atoms with Crippen molar-refractivity contribution in [3.8, 4) is 0 Å². The number of amides is 1. The van der Waals surface area contributed by atoms with Crippen LogP contribution in [0.1, 0.15) is 22.1 Å². The van der Waals surface area contributed by atoms with Gasteiger partial charge in [-0.1, -0.05) is 11.6 Å². The number of carbonyl (C=O) groups excluding carboxylic acids is 1. The molecule has 2 heterocycles. The van der Waals surface area contributed by atoms with E-state index in [1.54, 1.807) is 23.6 Å². The van der Waals surface area contributed by atoms with Crippen LogP contribution in [-0.4, -0.2) is 36.4 Å². The Labute approximate surface area is 121 Å². The fraction of sp³-hybridized carbons (Fsp3) is 0.308. The molecule has 2 aromatic heterocycles. The van der Waals surface area contributed by atoms with Crippen LogP contribution >= 0.6 is 22.9 Å². The molecule has 19 heavy (non-hydrogen) atoms. The lowest BCUT2D eigenvalue weighted by molar-refractivity contribution is 0.0937. The highest BCUT2D eigenvalue weighted by molar-refractivity contribution is 7.07. The van der Waals surface area contributed by atoms with Gasteiger partial charge in [0.25, 0.3) is 5.91 Å². The topological polar surface area (TPSA) is 48.1 Å². The molecule has 102 valence electrons. The standard InChI is InChI=1S/C13H16ClN3OS/c1-17(2)12(9-3-4-19-8-9)7-16-13(18)11-5-10(14)6-15-11/h3-6,8,12,15H,7H2,1-2H3,(H,16,18)/t12-/m0/s1. The lowest BCUT2D eigenvalue weighted by atomic mass is 10.1. The first-order valence-corrected chi connectivity index (χ1v) is 7.20. The molecule has 6 heteroatoms. The zero-order chi connectivity index (χ0) is 13.8. The van der Waals surface area contributed by atoms with Crippen molar-refractivity contribution >= 4 is 28.8 Å². The van der Waals surface area contributed by atoms with Crippen LogP contribution < -0.4 is 5.32 Å². The number of likely N-dealkylation sites (N-methyl/N-ethyl adjacent to an activating group) is 1. The average Bonchev–Trinajstić information content (AvgIpc) is 3.00. The Hall–Kier alpha value is -1.30. The lowest BCUT2D eigenvalue weighted by Crippen LogP contribution is -2.34. The molecule has 1 amide bonds. The Balaban J connectivity index is 1.98. The van der Waals surface area contributed by atoms with Gasteiger partial charge in [-0.25, -0.2) is 0 Å². The number of thiophene rings is 1. The maximum absolute atomic E-state index is 11.9. The number of aromatic amines is 1. The van der Waals surface area contributed by atoms with E-state index in [0.29, 0.717) is 17.3 Å². The molecule has 0 spiro atoms. The highest BCUT2D eigenvalue weighted by Gasteiger charge is 2.16. The fourth-order valence-corrected chi connectivity index (χ4v) is 2.72. The quantitative estimate of drug-likeness (QED) is 0.891. The number of halogens is 1. The lowest BCUT2D eigenvalue weighted by Gasteiger charge is -2.23. The number of nitrogens with one attached hydrogen (secondary N) is 2. The SMILES string of the molecule is CN(C)[C@@H](CNC(=O)c1cc(Cl)c[nH]1)c1ccsc1. The van der Waals surface area contributed by atoms with E-state index in [-0.39, 0.29) is 11.9 Å². The van der Waals surface area contributed by atoms with E-state index in [1.807, 2.05) is 19.5 Å². The molecular formula is C13H16ClN3OS. The predicted octanol–water partition coefficient (Wildman–Crippen LogP) is 2.76. The van der Waals surface area contributed by atoms with Crippen LogP contribution in [0.25, 0.3) is 0 Å². The van der Waals surface area contributed by atoms with Crippen molar-refractivity contribution < 1.29 is 4.79 Å². The van der Waals surface area contributed by atoms with E-state index in [9.17, 15) is 4.79 Å². The summed E-state index contributed by atoms with van der Waals surface area (Å²) in [5, 5.41) is 7.59. The van der Waals surface area contributed by atoms with Crippen molar-refractivity contribution in [2.45, 2.75) is 6.04 Å². The summed E-state index contributed by atoms with van der Waals surface area (Å²) in [7, 11) is 4.00. The van der Waals surface area contributed by atoms with Gasteiger partial charge < -0.3 is 15.2 Å². The third kappa shape index (κ3) is 3.59. The normalized spacial score (nSPS) is 12.6. The molecule has 0 bridgehead atoms. The Morgan fingerprint density at radius 2 is 2.37 bits per heavy atom. The summed E-state index contributed by atoms with van der Waals surface area (Å²) in [4.78, 5) is 16.9. The second-order valence-electron chi connectivity index (χ2n) is 4.48. The van der Waals surface area contributed by atoms with Gasteiger partial charge in [-0.05, 0) is 42.6 Å². The Kier molecular flexibility index (Phi) is 4.63. The predicted molar refractivity (Wildman–Crippen MR) is 78.9 cm³/mol. The van der Waals surface area contributed by atoms with Gasteiger partial charge in [0.1, 0.15) is 5.69 Å². The Bertz CT molecular complexity index is 536. The molecule has 0 unspecified atom stereocenters. The molecule has 0 aliphatic heterocycles. The average molecular weight is 298 g/mol. The van der Waals surface area contributed by atoms with Crippen LogP contribution in [0.15, 0.2) is 29.1 Å². The molecule has 0 fully saturated rings. The molecule has 2 N–H and O–H groups in total. The smallest absolute Gasteiger partial charge is 0.267 e. The van der Waals surface area contributed by atoms with Crippen molar-refractivity contribution in [2.24, 2.45) is 0 Å². The van der Waals surface area contributed by atoms with E-state index in [2.05, 4.69) is 26.6 Å². The molecular weight excluding hydrogens is 282 g/mol. The number of rotatable bonds is 5. The number of aromatic nitrogens is 1. The summed E-state index contributed by atoms with van der Waals surface area (Å²) in [6, 6.07) is 3.86. The fourth-order valence-electron chi connectivity index (χ4n) is 1.85. The van der Waals surface area contributed by atoms with Crippen LogP contribution in [0.2, 0.25) is 5.02 Å². The van der Waals surface area contributed by atoms with E-state index in [1.165, 1.54) is 5.56 Å². The first kappa shape index (κ1) is 14.1. The van der Waals surface area contributed by atoms with Crippen molar-refractivity contribution in [3.63, 3.8) is 0 Å². The monoisotopic (exact) mass is 297 g/mol. The van der Waals surface area contributed by atoms with Gasteiger partial charge in [0.2, 0.25) is 0 Å². The molecule has 1 atom stereocenters. The highest BCUT2D eigenvalue weighted by atomic mass is 35.5. The van der Waals surface area contributed by atoms with Gasteiger partial charge in [0.05, 0.1) is 11.1 Å². The van der Waals surface area contributed by atoms with Crippen LogP contribution in [0.4, 0.5) is 0 Å². The minimum atomic E-state index is -0.144. The van der Waals surface area contributed by atoms with Crippen molar-refractivity contribution in [3.05, 3.63) is 45.4 Å². The van der Waals surface area contributed by atoms with Crippen molar-refractivity contribution in [2.75, 3.05) is 20.6 Å². The molecule has 0 saturated heterocycles. The third-order valence-electron chi connectivity index (χ3n) is 2.90. The highest BCUT2D eigenvalue weighted by Crippen LogP contribution is 2.20. The number of nitrogens with zero attached hydrogens (tertiary/aromatic N) is 1. The maximum atomic E-state index is 11.9. The van der Waals surface area contributed by atoms with E-state index < -0.39 is 0 Å². The maximum Gasteiger partial charge on any atom is 0.267 e. The van der Waals surface area contributed by atoms with Crippen LogP contribution in [0.3, 0.4) is 0 Å². The van der Waals surface area contributed by atoms with Crippen molar-refractivity contribution in [1.82, 2.24) is 15.2 Å². The second-order valence-corrected chi connectivity index (χ2v) is 5.69. The third-order valence-corrected chi connectivity index (χ3v) is 3.82. The molecule has 0 radical (unpaired) electrons. The summed E-state index contributed by atoms with van der Waals surface area (Å²) in [5.41, 5.74) is 1.69. The zero-order valence-electron chi connectivity index (χ0n) is 10.8. The number of hydrogen-bond acceptors (Lipinski definition) is 3. The minimum Gasteiger partial charge on any atom is -0.356 e. The van der Waals surface area contributed by atoms with Crippen LogP contribution in [0, 0.1) is 0 Å². The Morgan fingerprint density at radius 3 is 2.89 bits per heavy atom. The molecule has 0 aliphatic rings. The van der Waals surface area contributed by atoms with Gasteiger partial charge in [0.15, 0.2) is 0 Å². The summed E-state index contributed by atoms with van der Waals surface area (Å²) < 4.78 is 0. The van der Waals surface area contributed by atoms with Crippen molar-refractivity contribution in [1.29, 1.82) is 0 Å². The van der Waals surface area contributed by atoms with E-state index in [4.69, 9.17) is 11.6 Å². The molecule has 0 aliphatic carbocycles. The Morgan fingerprint density at radius 1 is 1.58 bits per heavy atom. The molecule has 0 aromatic carbocycles. The largest absolute Gasteiger partial charge is 0.356 e. The van der Waals surface area contributed by atoms with Gasteiger partial charge in [0, 0.05) is 12.7 Å². The van der Waals surface area contributed by atoms with Crippen LogP contribution in [-0.2, 0) is 0 Å². The van der Waals surface area contributed by atoms with E-state index in [0.717, 1.165) is 0 Å². The minimum absolute atomic E-state index is 0.144. The molecule has 2 rings (SSSR count). The molecule has 0 saturated carbocycles. The summed E-state index contributed by atoms with van der Waals surface area (Å²) >= 11 is 7.44. The zero-order valence-corrected chi connectivity index (χ0v) is 12.4. The second kappa shape index (κ2) is 6.23. The first-order chi connectivity index (χ1) is 9.08. The van der Waals surface area contributed by atoms with Gasteiger partial charge >= 0.3 is 0 Å². The summed E-state index contributed by atoms with van der Waals surface area (Å²) in [6.07, 6.45) is 1.60. The van der Waals surface area contributed by atoms with Crippen LogP contribution in [0.5, 0.6) is 0 Å². The van der Waals surface area contributed by atoms with E-state index >= 15 is 0 Å². The number of H-pyrrole nitrogens is 1. The molecule has 2 aromatic rings. The first-order valence-electron chi connectivity index (χ1n) is 5.88. The molecule has 4 nitrogen and oxygen atoms in total. The number of carbonyl (C=O) groups is 1. The van der Waals surface area contributed by atoms with Gasteiger partial charge in [-0.2, -0.15) is 11.3 Å². The number of hydrogen-bond donors (Lipinski definition) is 2. The summed E-state index contributed by atoms with van der Waals surface area (Å²) in [6.45, 7) is 0.555. The van der Waals surface area contributed by atoms with Gasteiger partial charge in [-0.3, -0.25) is 4.79 Å². The summed E-state index contributed by atoms with van der Waals surface area (Å²) in [5.74, 6) is -0.144. The van der Waals surface area contributed by atoms with Gasteiger partial charge in [-0.15, -0.1) is 0 Å².